The monoisotopic (exact) mass is 327 g/mol. The molecule has 1 aromatic carbocycles. The normalized spacial score (nSPS) is 11.2. The molecule has 0 radical (unpaired) electrons. The molecular formula is C17H18FN5O. The number of carbonyl (C=O) groups excluding carboxylic acids is 1. The second-order valence-electron chi connectivity index (χ2n) is 5.73. The lowest BCUT2D eigenvalue weighted by molar-refractivity contribution is 0.0951. The molecule has 0 bridgehead atoms. The summed E-state index contributed by atoms with van der Waals surface area (Å²) in [5.74, 6) is 0.152. The topological polar surface area (TPSA) is 62.5 Å². The molecule has 1 amide bonds. The molecule has 0 fully saturated rings. The van der Waals surface area contributed by atoms with Crippen LogP contribution in [0, 0.1) is 5.82 Å². The average Bonchev–Trinajstić information content (AvgIpc) is 2.98. The molecule has 1 N–H and O–H groups in total. The van der Waals surface area contributed by atoms with Crippen molar-refractivity contribution in [1.29, 1.82) is 0 Å². The summed E-state index contributed by atoms with van der Waals surface area (Å²) in [6.07, 6.45) is 1.74. The second-order valence-corrected chi connectivity index (χ2v) is 5.73. The molecule has 0 saturated heterocycles. The Labute approximate surface area is 138 Å². The number of hydrogen-bond acceptors (Lipinski definition) is 4. The molecule has 0 unspecified atom stereocenters. The number of likely N-dealkylation sites (N-methyl/N-ethyl adjacent to an activating group) is 1. The molecule has 0 aliphatic carbocycles. The Bertz CT molecular complexity index is 857. The van der Waals surface area contributed by atoms with Gasteiger partial charge in [0.15, 0.2) is 11.5 Å². The minimum atomic E-state index is -0.302. The third kappa shape index (κ3) is 3.41. The second kappa shape index (κ2) is 6.76. The number of halogens is 1. The average molecular weight is 327 g/mol. The van der Waals surface area contributed by atoms with Gasteiger partial charge in [0.2, 0.25) is 0 Å². The summed E-state index contributed by atoms with van der Waals surface area (Å²) in [5.41, 5.74) is 1.85. The lowest BCUT2D eigenvalue weighted by atomic mass is 10.2. The van der Waals surface area contributed by atoms with Crippen LogP contribution in [0.4, 0.5) is 4.39 Å². The quantitative estimate of drug-likeness (QED) is 0.776. The highest BCUT2D eigenvalue weighted by molar-refractivity contribution is 5.95. The van der Waals surface area contributed by atoms with Crippen LogP contribution in [0.5, 0.6) is 0 Å². The van der Waals surface area contributed by atoms with Gasteiger partial charge in [0, 0.05) is 30.4 Å². The van der Waals surface area contributed by atoms with E-state index in [4.69, 9.17) is 0 Å². The van der Waals surface area contributed by atoms with Gasteiger partial charge < -0.3 is 10.2 Å². The molecule has 0 atom stereocenters. The van der Waals surface area contributed by atoms with Gasteiger partial charge in [0.05, 0.1) is 0 Å². The highest BCUT2D eigenvalue weighted by Gasteiger charge is 2.11. The van der Waals surface area contributed by atoms with E-state index in [2.05, 4.69) is 15.5 Å². The summed E-state index contributed by atoms with van der Waals surface area (Å²) in [5, 5.41) is 11.1. The van der Waals surface area contributed by atoms with E-state index >= 15 is 0 Å². The van der Waals surface area contributed by atoms with Crippen LogP contribution in [-0.4, -0.2) is 52.6 Å². The van der Waals surface area contributed by atoms with E-state index in [1.165, 1.54) is 12.1 Å². The fourth-order valence-electron chi connectivity index (χ4n) is 2.32. The van der Waals surface area contributed by atoms with Crippen molar-refractivity contribution in [2.45, 2.75) is 0 Å². The molecule has 3 aromatic rings. The standard InChI is InChI=1S/C17H18FN5O/c1-22(2)10-8-19-17(24)13-7-9-23-15(11-13)20-21-16(23)12-3-5-14(18)6-4-12/h3-7,9,11H,8,10H2,1-2H3,(H,19,24). The Hall–Kier alpha value is -2.80. The first-order valence-electron chi connectivity index (χ1n) is 7.58. The first-order chi connectivity index (χ1) is 11.5. The van der Waals surface area contributed by atoms with Gasteiger partial charge in [-0.1, -0.05) is 0 Å². The van der Waals surface area contributed by atoms with Crippen molar-refractivity contribution in [3.05, 3.63) is 54.0 Å². The van der Waals surface area contributed by atoms with Gasteiger partial charge in [-0.05, 0) is 50.5 Å². The molecule has 7 heteroatoms. The van der Waals surface area contributed by atoms with Crippen LogP contribution < -0.4 is 5.32 Å². The van der Waals surface area contributed by atoms with Crippen LogP contribution in [0.2, 0.25) is 0 Å². The van der Waals surface area contributed by atoms with Crippen molar-refractivity contribution in [1.82, 2.24) is 24.8 Å². The van der Waals surface area contributed by atoms with Gasteiger partial charge in [-0.2, -0.15) is 0 Å². The minimum absolute atomic E-state index is 0.148. The molecule has 124 valence electrons. The van der Waals surface area contributed by atoms with Crippen molar-refractivity contribution in [3.63, 3.8) is 0 Å². The number of hydrogen-bond donors (Lipinski definition) is 1. The number of benzene rings is 1. The number of nitrogens with zero attached hydrogens (tertiary/aromatic N) is 4. The van der Waals surface area contributed by atoms with Gasteiger partial charge in [-0.15, -0.1) is 10.2 Å². The van der Waals surface area contributed by atoms with E-state index in [-0.39, 0.29) is 11.7 Å². The van der Waals surface area contributed by atoms with Crippen LogP contribution in [0.15, 0.2) is 42.6 Å². The fourth-order valence-corrected chi connectivity index (χ4v) is 2.32. The Balaban J connectivity index is 1.83. The molecule has 2 heterocycles. The molecule has 24 heavy (non-hydrogen) atoms. The maximum absolute atomic E-state index is 13.0. The van der Waals surface area contributed by atoms with E-state index < -0.39 is 0 Å². The zero-order chi connectivity index (χ0) is 17.1. The molecule has 0 spiro atoms. The number of aromatic nitrogens is 3. The van der Waals surface area contributed by atoms with Crippen molar-refractivity contribution >= 4 is 11.6 Å². The maximum atomic E-state index is 13.0. The number of carbonyl (C=O) groups is 1. The molecule has 6 nitrogen and oxygen atoms in total. The zero-order valence-electron chi connectivity index (χ0n) is 13.5. The molecule has 2 aromatic heterocycles. The first kappa shape index (κ1) is 16.1. The predicted molar refractivity (Wildman–Crippen MR) is 89.3 cm³/mol. The number of pyridine rings is 1. The van der Waals surface area contributed by atoms with Crippen molar-refractivity contribution in [3.8, 4) is 11.4 Å². The summed E-state index contributed by atoms with van der Waals surface area (Å²) in [7, 11) is 3.90. The maximum Gasteiger partial charge on any atom is 0.251 e. The van der Waals surface area contributed by atoms with Crippen molar-refractivity contribution in [2.24, 2.45) is 0 Å². The zero-order valence-corrected chi connectivity index (χ0v) is 13.5. The molecule has 3 rings (SSSR count). The Morgan fingerprint density at radius 3 is 2.67 bits per heavy atom. The van der Waals surface area contributed by atoms with E-state index in [0.717, 1.165) is 12.1 Å². The molecule has 0 saturated carbocycles. The predicted octanol–water partition coefficient (Wildman–Crippen LogP) is 1.83. The van der Waals surface area contributed by atoms with Crippen LogP contribution in [0.25, 0.3) is 17.0 Å². The largest absolute Gasteiger partial charge is 0.351 e. The Morgan fingerprint density at radius 2 is 1.96 bits per heavy atom. The Kier molecular flexibility index (Phi) is 4.52. The van der Waals surface area contributed by atoms with E-state index in [1.54, 1.807) is 34.9 Å². The van der Waals surface area contributed by atoms with E-state index in [1.807, 2.05) is 19.0 Å². The van der Waals surface area contributed by atoms with E-state index in [0.29, 0.717) is 23.6 Å². The van der Waals surface area contributed by atoms with Crippen molar-refractivity contribution < 1.29 is 9.18 Å². The minimum Gasteiger partial charge on any atom is -0.351 e. The number of rotatable bonds is 5. The SMILES string of the molecule is CN(C)CCNC(=O)c1ccn2c(-c3ccc(F)cc3)nnc2c1. The number of nitrogens with one attached hydrogen (secondary N) is 1. The van der Waals surface area contributed by atoms with Crippen LogP contribution >= 0.6 is 0 Å². The Morgan fingerprint density at radius 1 is 1.21 bits per heavy atom. The van der Waals surface area contributed by atoms with Gasteiger partial charge in [-0.25, -0.2) is 4.39 Å². The van der Waals surface area contributed by atoms with Crippen LogP contribution in [-0.2, 0) is 0 Å². The molecule has 0 aliphatic rings. The van der Waals surface area contributed by atoms with Gasteiger partial charge in [0.25, 0.3) is 5.91 Å². The summed E-state index contributed by atoms with van der Waals surface area (Å²) in [4.78, 5) is 14.2. The third-order valence-electron chi connectivity index (χ3n) is 3.62. The van der Waals surface area contributed by atoms with Crippen LogP contribution in [0.1, 0.15) is 10.4 Å². The lowest BCUT2D eigenvalue weighted by Crippen LogP contribution is -2.31. The van der Waals surface area contributed by atoms with Crippen molar-refractivity contribution in [2.75, 3.05) is 27.2 Å². The summed E-state index contributed by atoms with van der Waals surface area (Å²) >= 11 is 0. The highest BCUT2D eigenvalue weighted by atomic mass is 19.1. The molecular weight excluding hydrogens is 309 g/mol. The van der Waals surface area contributed by atoms with Gasteiger partial charge in [-0.3, -0.25) is 9.20 Å². The summed E-state index contributed by atoms with van der Waals surface area (Å²) < 4.78 is 14.8. The van der Waals surface area contributed by atoms with Crippen LogP contribution in [0.3, 0.4) is 0 Å². The smallest absolute Gasteiger partial charge is 0.251 e. The fraction of sp³-hybridized carbons (Fsp3) is 0.235. The highest BCUT2D eigenvalue weighted by Crippen LogP contribution is 2.19. The van der Waals surface area contributed by atoms with Gasteiger partial charge in [0.1, 0.15) is 5.82 Å². The first-order valence-corrected chi connectivity index (χ1v) is 7.58. The lowest BCUT2D eigenvalue weighted by Gasteiger charge is -2.10. The van der Waals surface area contributed by atoms with E-state index in [9.17, 15) is 9.18 Å². The summed E-state index contributed by atoms with van der Waals surface area (Å²) in [6.45, 7) is 1.35. The van der Waals surface area contributed by atoms with Gasteiger partial charge >= 0.3 is 0 Å². The summed E-state index contributed by atoms with van der Waals surface area (Å²) in [6, 6.07) is 9.45. The number of fused-ring (bicyclic) bond motifs is 1. The number of amides is 1. The third-order valence-corrected chi connectivity index (χ3v) is 3.62. The molecule has 0 aliphatic heterocycles.